The average molecular weight is 307 g/mol. The van der Waals surface area contributed by atoms with Crippen LogP contribution in [0.15, 0.2) is 28.7 Å². The van der Waals surface area contributed by atoms with Gasteiger partial charge in [0.1, 0.15) is 0 Å². The monoisotopic (exact) mass is 306 g/mol. The summed E-state index contributed by atoms with van der Waals surface area (Å²) < 4.78 is 1.76. The van der Waals surface area contributed by atoms with Gasteiger partial charge < -0.3 is 0 Å². The SMILES string of the molecule is SCC1CSC(c2ccc(Br)cc2)S1. The van der Waals surface area contributed by atoms with E-state index < -0.39 is 0 Å². The summed E-state index contributed by atoms with van der Waals surface area (Å²) >= 11 is 11.9. The third-order valence-corrected chi connectivity index (χ3v) is 6.67. The summed E-state index contributed by atoms with van der Waals surface area (Å²) in [4.78, 5) is 0. The predicted octanol–water partition coefficient (Wildman–Crippen LogP) is 4.23. The molecule has 0 amide bonds. The maximum absolute atomic E-state index is 4.34. The molecule has 0 bridgehead atoms. The van der Waals surface area contributed by atoms with Gasteiger partial charge in [0, 0.05) is 21.2 Å². The zero-order valence-corrected chi connectivity index (χ0v) is 11.6. The number of hydrogen-bond donors (Lipinski definition) is 1. The standard InChI is InChI=1S/C10H11BrS3/c11-8-3-1-7(2-4-8)10-13-6-9(5-12)14-10/h1-4,9-10,12H,5-6H2. The molecule has 0 N–H and O–H groups in total. The van der Waals surface area contributed by atoms with Gasteiger partial charge in [-0.25, -0.2) is 0 Å². The highest BCUT2D eigenvalue weighted by atomic mass is 79.9. The lowest BCUT2D eigenvalue weighted by atomic mass is 10.2. The van der Waals surface area contributed by atoms with E-state index in [2.05, 4.69) is 52.8 Å². The van der Waals surface area contributed by atoms with Crippen molar-refractivity contribution in [2.24, 2.45) is 0 Å². The highest BCUT2D eigenvalue weighted by Crippen LogP contribution is 2.49. The van der Waals surface area contributed by atoms with Crippen LogP contribution in [0.1, 0.15) is 10.1 Å². The summed E-state index contributed by atoms with van der Waals surface area (Å²) in [6.45, 7) is 0. The molecule has 76 valence electrons. The Labute approximate surface area is 107 Å². The Morgan fingerprint density at radius 3 is 2.64 bits per heavy atom. The molecule has 0 saturated carbocycles. The van der Waals surface area contributed by atoms with Crippen LogP contribution >= 0.6 is 52.1 Å². The molecular weight excluding hydrogens is 296 g/mol. The van der Waals surface area contributed by atoms with Crippen molar-refractivity contribution in [2.45, 2.75) is 9.83 Å². The number of thiol groups is 1. The molecule has 2 unspecified atom stereocenters. The lowest BCUT2D eigenvalue weighted by Crippen LogP contribution is -2.01. The second-order valence-corrected chi connectivity index (χ2v) is 7.29. The van der Waals surface area contributed by atoms with Gasteiger partial charge in [-0.15, -0.1) is 23.5 Å². The quantitative estimate of drug-likeness (QED) is 0.812. The van der Waals surface area contributed by atoms with Crippen molar-refractivity contribution in [1.29, 1.82) is 0 Å². The maximum Gasteiger partial charge on any atom is 0.0755 e. The Bertz CT molecular complexity index is 299. The Hall–Kier alpha value is 0.750. The summed E-state index contributed by atoms with van der Waals surface area (Å²) in [5.74, 6) is 2.22. The van der Waals surface area contributed by atoms with Crippen LogP contribution in [0.2, 0.25) is 0 Å². The summed E-state index contributed by atoms with van der Waals surface area (Å²) in [7, 11) is 0. The van der Waals surface area contributed by atoms with Gasteiger partial charge in [-0.2, -0.15) is 12.6 Å². The van der Waals surface area contributed by atoms with E-state index in [4.69, 9.17) is 0 Å². The van der Waals surface area contributed by atoms with Crippen molar-refractivity contribution in [3.63, 3.8) is 0 Å². The minimum absolute atomic E-state index is 0.611. The lowest BCUT2D eigenvalue weighted by molar-refractivity contribution is 1.17. The van der Waals surface area contributed by atoms with Crippen molar-refractivity contribution in [2.75, 3.05) is 11.5 Å². The zero-order chi connectivity index (χ0) is 9.97. The minimum Gasteiger partial charge on any atom is -0.178 e. The summed E-state index contributed by atoms with van der Waals surface area (Å²) in [5.41, 5.74) is 1.42. The van der Waals surface area contributed by atoms with Gasteiger partial charge in [0.2, 0.25) is 0 Å². The molecule has 0 aromatic heterocycles. The van der Waals surface area contributed by atoms with E-state index in [0.717, 1.165) is 15.5 Å². The Morgan fingerprint density at radius 2 is 2.07 bits per heavy atom. The average Bonchev–Trinajstić information content (AvgIpc) is 2.67. The second-order valence-electron chi connectivity index (χ2n) is 3.16. The molecule has 1 saturated heterocycles. The van der Waals surface area contributed by atoms with E-state index in [9.17, 15) is 0 Å². The van der Waals surface area contributed by atoms with Crippen LogP contribution in [0.5, 0.6) is 0 Å². The minimum atomic E-state index is 0.611. The fourth-order valence-corrected chi connectivity index (χ4v) is 5.34. The van der Waals surface area contributed by atoms with E-state index in [1.807, 2.05) is 23.5 Å². The highest BCUT2D eigenvalue weighted by molar-refractivity contribution is 9.10. The lowest BCUT2D eigenvalue weighted by Gasteiger charge is -2.09. The van der Waals surface area contributed by atoms with Crippen LogP contribution in [0, 0.1) is 0 Å². The van der Waals surface area contributed by atoms with Crippen LogP contribution in [-0.2, 0) is 0 Å². The number of hydrogen-bond acceptors (Lipinski definition) is 3. The molecule has 2 rings (SSSR count). The fraction of sp³-hybridized carbons (Fsp3) is 0.400. The first-order valence-electron chi connectivity index (χ1n) is 4.43. The van der Waals surface area contributed by atoms with Crippen LogP contribution in [-0.4, -0.2) is 16.8 Å². The molecule has 1 aromatic rings. The van der Waals surface area contributed by atoms with Crippen LogP contribution in [0.25, 0.3) is 0 Å². The molecule has 4 heteroatoms. The molecular formula is C10H11BrS3. The topological polar surface area (TPSA) is 0 Å². The number of thioether (sulfide) groups is 2. The Balaban J connectivity index is 2.06. The molecule has 1 aliphatic rings. The summed E-state index contributed by atoms with van der Waals surface area (Å²) in [6.07, 6.45) is 0. The first-order chi connectivity index (χ1) is 6.79. The molecule has 2 atom stereocenters. The molecule has 0 spiro atoms. The first-order valence-corrected chi connectivity index (χ1v) is 7.84. The molecule has 1 aromatic carbocycles. The Morgan fingerprint density at radius 1 is 1.36 bits per heavy atom. The largest absolute Gasteiger partial charge is 0.178 e. The predicted molar refractivity (Wildman–Crippen MR) is 74.6 cm³/mol. The molecule has 14 heavy (non-hydrogen) atoms. The van der Waals surface area contributed by atoms with Gasteiger partial charge in [-0.05, 0) is 17.7 Å². The summed E-state index contributed by atoms with van der Waals surface area (Å²) in [5, 5.41) is 0.719. The number of rotatable bonds is 2. The van der Waals surface area contributed by atoms with E-state index >= 15 is 0 Å². The fourth-order valence-electron chi connectivity index (χ4n) is 1.34. The van der Waals surface area contributed by atoms with Gasteiger partial charge >= 0.3 is 0 Å². The molecule has 1 fully saturated rings. The van der Waals surface area contributed by atoms with Gasteiger partial charge in [0.25, 0.3) is 0 Å². The zero-order valence-electron chi connectivity index (χ0n) is 7.52. The summed E-state index contributed by atoms with van der Waals surface area (Å²) in [6, 6.07) is 8.64. The molecule has 1 heterocycles. The van der Waals surface area contributed by atoms with Crippen molar-refractivity contribution in [3.8, 4) is 0 Å². The van der Waals surface area contributed by atoms with Gasteiger partial charge in [-0.3, -0.25) is 0 Å². The number of benzene rings is 1. The highest BCUT2D eigenvalue weighted by Gasteiger charge is 2.25. The van der Waals surface area contributed by atoms with Crippen LogP contribution < -0.4 is 0 Å². The van der Waals surface area contributed by atoms with Crippen molar-refractivity contribution in [3.05, 3.63) is 34.3 Å². The van der Waals surface area contributed by atoms with Crippen LogP contribution in [0.3, 0.4) is 0 Å². The molecule has 1 aliphatic heterocycles. The van der Waals surface area contributed by atoms with E-state index in [1.54, 1.807) is 0 Å². The van der Waals surface area contributed by atoms with E-state index in [0.29, 0.717) is 4.58 Å². The van der Waals surface area contributed by atoms with Crippen molar-refractivity contribution in [1.82, 2.24) is 0 Å². The smallest absolute Gasteiger partial charge is 0.0755 e. The third kappa shape index (κ3) is 2.65. The third-order valence-electron chi connectivity index (χ3n) is 2.10. The van der Waals surface area contributed by atoms with Crippen LogP contribution in [0.4, 0.5) is 0 Å². The number of halogens is 1. The van der Waals surface area contributed by atoms with E-state index in [-0.39, 0.29) is 0 Å². The van der Waals surface area contributed by atoms with Crippen molar-refractivity contribution >= 4 is 52.1 Å². The molecule has 0 aliphatic carbocycles. The Kier molecular flexibility index (Phi) is 4.17. The van der Waals surface area contributed by atoms with Gasteiger partial charge in [0.15, 0.2) is 0 Å². The van der Waals surface area contributed by atoms with Gasteiger partial charge in [0.05, 0.1) is 4.58 Å². The first kappa shape index (κ1) is 11.2. The normalized spacial score (nSPS) is 26.7. The molecule has 0 radical (unpaired) electrons. The molecule has 0 nitrogen and oxygen atoms in total. The second kappa shape index (κ2) is 5.19. The van der Waals surface area contributed by atoms with Crippen molar-refractivity contribution < 1.29 is 0 Å². The van der Waals surface area contributed by atoms with E-state index in [1.165, 1.54) is 11.3 Å². The maximum atomic E-state index is 4.34. The van der Waals surface area contributed by atoms with Gasteiger partial charge in [-0.1, -0.05) is 28.1 Å².